The minimum absolute atomic E-state index is 0.332. The monoisotopic (exact) mass is 341 g/mol. The highest BCUT2D eigenvalue weighted by Crippen LogP contribution is 2.37. The third kappa shape index (κ3) is 4.08. The number of rotatable bonds is 7. The number of nitrogens with one attached hydrogen (secondary N) is 1. The van der Waals surface area contributed by atoms with Crippen LogP contribution in [0.4, 0.5) is 5.13 Å². The number of benzene rings is 1. The molecule has 0 atom stereocenters. The number of amides is 1. The van der Waals surface area contributed by atoms with Crippen LogP contribution in [0.5, 0.6) is 11.5 Å². The minimum atomic E-state index is -0.332. The van der Waals surface area contributed by atoms with Crippen molar-refractivity contribution in [2.24, 2.45) is 0 Å². The summed E-state index contributed by atoms with van der Waals surface area (Å²) in [5.74, 6) is 0.574. The van der Waals surface area contributed by atoms with Gasteiger partial charge in [-0.05, 0) is 25.5 Å². The van der Waals surface area contributed by atoms with E-state index in [0.717, 1.165) is 6.42 Å². The van der Waals surface area contributed by atoms with Crippen molar-refractivity contribution in [2.45, 2.75) is 20.3 Å². The summed E-state index contributed by atoms with van der Waals surface area (Å²) in [5.41, 5.74) is 1.91. The highest BCUT2D eigenvalue weighted by molar-refractivity contribution is 7.13. The number of carbonyl (C=O) groups excluding carboxylic acids is 1. The lowest BCUT2D eigenvalue weighted by Gasteiger charge is -2.14. The smallest absolute Gasteiger partial charge is 0.257 e. The quantitative estimate of drug-likeness (QED) is 0.832. The van der Waals surface area contributed by atoms with Crippen LogP contribution in [0.1, 0.15) is 30.6 Å². The largest absolute Gasteiger partial charge is 0.490 e. The maximum atomic E-state index is 12.2. The molecule has 118 valence electrons. The van der Waals surface area contributed by atoms with Gasteiger partial charge in [0.05, 0.1) is 18.2 Å². The fourth-order valence-electron chi connectivity index (χ4n) is 1.70. The number of aromatic nitrogens is 2. The summed E-state index contributed by atoms with van der Waals surface area (Å²) in [5, 5.41) is 10.8. The van der Waals surface area contributed by atoms with Crippen LogP contribution in [0.25, 0.3) is 0 Å². The number of nitrogens with zero attached hydrogens (tertiary/aromatic N) is 2. The van der Waals surface area contributed by atoms with Gasteiger partial charge in [0.15, 0.2) is 11.5 Å². The molecule has 0 aliphatic rings. The van der Waals surface area contributed by atoms with E-state index in [2.05, 4.69) is 15.5 Å². The van der Waals surface area contributed by atoms with E-state index in [9.17, 15) is 4.79 Å². The van der Waals surface area contributed by atoms with Crippen molar-refractivity contribution in [3.63, 3.8) is 0 Å². The van der Waals surface area contributed by atoms with Crippen LogP contribution >= 0.6 is 22.9 Å². The van der Waals surface area contributed by atoms with Crippen LogP contribution in [0.2, 0.25) is 5.02 Å². The Labute approximate surface area is 137 Å². The standard InChI is InChI=1S/C14H16ClN3O3S/c1-3-5-21-12-10(15)6-9(7-11(12)20-4-2)13(19)17-14-18-16-8-22-14/h6-8H,3-5H2,1-2H3,(H,17,18,19). The van der Waals surface area contributed by atoms with E-state index in [4.69, 9.17) is 21.1 Å². The summed E-state index contributed by atoms with van der Waals surface area (Å²) in [6.07, 6.45) is 0.848. The zero-order valence-electron chi connectivity index (χ0n) is 12.3. The number of hydrogen-bond donors (Lipinski definition) is 1. The second-order valence-corrected chi connectivity index (χ2v) is 5.51. The van der Waals surface area contributed by atoms with Crippen LogP contribution in [0.3, 0.4) is 0 Å². The molecule has 1 N–H and O–H groups in total. The average Bonchev–Trinajstić information content (AvgIpc) is 2.99. The van der Waals surface area contributed by atoms with Gasteiger partial charge in [-0.1, -0.05) is 29.9 Å². The maximum Gasteiger partial charge on any atom is 0.257 e. The van der Waals surface area contributed by atoms with Crippen molar-refractivity contribution in [2.75, 3.05) is 18.5 Å². The number of carbonyl (C=O) groups is 1. The van der Waals surface area contributed by atoms with Gasteiger partial charge >= 0.3 is 0 Å². The van der Waals surface area contributed by atoms with Gasteiger partial charge in [-0.2, -0.15) is 0 Å². The van der Waals surface area contributed by atoms with Crippen molar-refractivity contribution in [3.8, 4) is 11.5 Å². The van der Waals surface area contributed by atoms with E-state index in [0.29, 0.717) is 40.4 Å². The first kappa shape index (κ1) is 16.5. The minimum Gasteiger partial charge on any atom is -0.490 e. The molecular formula is C14H16ClN3O3S. The summed E-state index contributed by atoms with van der Waals surface area (Å²) in [4.78, 5) is 12.2. The van der Waals surface area contributed by atoms with Gasteiger partial charge in [-0.15, -0.1) is 10.2 Å². The molecule has 2 aromatic rings. The fourth-order valence-corrected chi connectivity index (χ4v) is 2.41. The number of halogens is 1. The SMILES string of the molecule is CCCOc1c(Cl)cc(C(=O)Nc2nncs2)cc1OCC. The zero-order valence-corrected chi connectivity index (χ0v) is 13.8. The molecule has 1 heterocycles. The van der Waals surface area contributed by atoms with E-state index in [-0.39, 0.29) is 5.91 Å². The Morgan fingerprint density at radius 3 is 2.82 bits per heavy atom. The lowest BCUT2D eigenvalue weighted by atomic mass is 10.2. The Bertz CT molecular complexity index is 635. The van der Waals surface area contributed by atoms with Crippen molar-refractivity contribution in [1.82, 2.24) is 10.2 Å². The number of ether oxygens (including phenoxy) is 2. The summed E-state index contributed by atoms with van der Waals surface area (Å²) >= 11 is 7.46. The van der Waals surface area contributed by atoms with Crippen molar-refractivity contribution < 1.29 is 14.3 Å². The molecule has 0 saturated carbocycles. The predicted molar refractivity (Wildman–Crippen MR) is 86.3 cm³/mol. The summed E-state index contributed by atoms with van der Waals surface area (Å²) < 4.78 is 11.1. The normalized spacial score (nSPS) is 10.3. The molecule has 0 aliphatic carbocycles. The molecule has 0 radical (unpaired) electrons. The zero-order chi connectivity index (χ0) is 15.9. The van der Waals surface area contributed by atoms with Gasteiger partial charge in [-0.3, -0.25) is 10.1 Å². The molecule has 8 heteroatoms. The summed E-state index contributed by atoms with van der Waals surface area (Å²) in [7, 11) is 0. The molecule has 1 aromatic heterocycles. The first-order valence-corrected chi connectivity index (χ1v) is 8.08. The van der Waals surface area contributed by atoms with Gasteiger partial charge in [0.1, 0.15) is 5.51 Å². The van der Waals surface area contributed by atoms with E-state index < -0.39 is 0 Å². The molecule has 0 fully saturated rings. The van der Waals surface area contributed by atoms with Crippen LogP contribution in [0, 0.1) is 0 Å². The van der Waals surface area contributed by atoms with Crippen molar-refractivity contribution >= 4 is 34.0 Å². The van der Waals surface area contributed by atoms with Gasteiger partial charge < -0.3 is 9.47 Å². The molecule has 0 unspecified atom stereocenters. The Hall–Kier alpha value is -1.86. The second-order valence-electron chi connectivity index (χ2n) is 4.26. The Morgan fingerprint density at radius 1 is 1.36 bits per heavy atom. The van der Waals surface area contributed by atoms with Gasteiger partial charge in [-0.25, -0.2) is 0 Å². The highest BCUT2D eigenvalue weighted by atomic mass is 35.5. The number of anilines is 1. The topological polar surface area (TPSA) is 73.3 Å². The third-order valence-electron chi connectivity index (χ3n) is 2.60. The molecule has 0 aliphatic heterocycles. The van der Waals surface area contributed by atoms with Crippen molar-refractivity contribution in [1.29, 1.82) is 0 Å². The van der Waals surface area contributed by atoms with Crippen LogP contribution in [0.15, 0.2) is 17.6 Å². The van der Waals surface area contributed by atoms with E-state index in [1.807, 2.05) is 13.8 Å². The molecule has 6 nitrogen and oxygen atoms in total. The summed E-state index contributed by atoms with van der Waals surface area (Å²) in [6.45, 7) is 4.82. The second kappa shape index (κ2) is 7.95. The molecule has 0 bridgehead atoms. The molecular weight excluding hydrogens is 326 g/mol. The predicted octanol–water partition coefficient (Wildman–Crippen LogP) is 3.63. The molecule has 0 spiro atoms. The lowest BCUT2D eigenvalue weighted by molar-refractivity contribution is 0.102. The van der Waals surface area contributed by atoms with Gasteiger partial charge in [0, 0.05) is 5.56 Å². The molecule has 1 aromatic carbocycles. The Kier molecular flexibility index (Phi) is 5.97. The van der Waals surface area contributed by atoms with Crippen molar-refractivity contribution in [3.05, 3.63) is 28.2 Å². The van der Waals surface area contributed by atoms with Gasteiger partial charge in [0.25, 0.3) is 5.91 Å². The van der Waals surface area contributed by atoms with Gasteiger partial charge in [0.2, 0.25) is 5.13 Å². The highest BCUT2D eigenvalue weighted by Gasteiger charge is 2.17. The van der Waals surface area contributed by atoms with E-state index in [1.54, 1.807) is 12.1 Å². The molecule has 22 heavy (non-hydrogen) atoms. The number of hydrogen-bond acceptors (Lipinski definition) is 6. The van der Waals surface area contributed by atoms with Crippen LogP contribution in [-0.2, 0) is 0 Å². The molecule has 1 amide bonds. The maximum absolute atomic E-state index is 12.2. The first-order valence-electron chi connectivity index (χ1n) is 6.82. The summed E-state index contributed by atoms with van der Waals surface area (Å²) in [6, 6.07) is 3.15. The van der Waals surface area contributed by atoms with Crippen LogP contribution < -0.4 is 14.8 Å². The Morgan fingerprint density at radius 2 is 2.18 bits per heavy atom. The fraction of sp³-hybridized carbons (Fsp3) is 0.357. The van der Waals surface area contributed by atoms with E-state index in [1.165, 1.54) is 16.8 Å². The lowest BCUT2D eigenvalue weighted by Crippen LogP contribution is -2.12. The average molecular weight is 342 g/mol. The molecule has 0 saturated heterocycles. The van der Waals surface area contributed by atoms with Crippen LogP contribution in [-0.4, -0.2) is 29.3 Å². The molecule has 2 rings (SSSR count). The Balaban J connectivity index is 2.26. The first-order chi connectivity index (χ1) is 10.7. The van der Waals surface area contributed by atoms with E-state index >= 15 is 0 Å². The third-order valence-corrected chi connectivity index (χ3v) is 3.49.